The molecule has 0 aliphatic carbocycles. The highest BCUT2D eigenvalue weighted by Gasteiger charge is 2.19. The van der Waals surface area contributed by atoms with Crippen LogP contribution in [0.4, 0.5) is 0 Å². The minimum Gasteiger partial charge on any atom is -0.320 e. The molecular formula is C17H29ClN2. The van der Waals surface area contributed by atoms with E-state index in [4.69, 9.17) is 0 Å². The standard InChI is InChI=1S/C17H28N2.ClH/c1-14-5-4-6-17(15(14)2)13-19-11-8-16(9-12-19)7-10-18-3;/h4-6,16,18H,7-13H2,1-3H3;1H. The van der Waals surface area contributed by atoms with Gasteiger partial charge in [0.05, 0.1) is 0 Å². The van der Waals surface area contributed by atoms with Gasteiger partial charge in [-0.05, 0) is 82.4 Å². The molecule has 2 rings (SSSR count). The second kappa shape index (κ2) is 8.66. The van der Waals surface area contributed by atoms with E-state index < -0.39 is 0 Å². The second-order valence-corrected chi connectivity index (χ2v) is 5.97. The van der Waals surface area contributed by atoms with Gasteiger partial charge in [0.1, 0.15) is 0 Å². The third-order valence-electron chi connectivity index (χ3n) is 4.62. The summed E-state index contributed by atoms with van der Waals surface area (Å²) in [5.41, 5.74) is 4.40. The molecule has 1 aliphatic heterocycles. The van der Waals surface area contributed by atoms with Crippen molar-refractivity contribution in [2.75, 3.05) is 26.7 Å². The van der Waals surface area contributed by atoms with Crippen molar-refractivity contribution >= 4 is 12.4 Å². The Morgan fingerprint density at radius 2 is 1.90 bits per heavy atom. The van der Waals surface area contributed by atoms with Crippen molar-refractivity contribution in [3.63, 3.8) is 0 Å². The van der Waals surface area contributed by atoms with Crippen molar-refractivity contribution in [2.24, 2.45) is 5.92 Å². The van der Waals surface area contributed by atoms with E-state index in [1.807, 2.05) is 0 Å². The Kier molecular flexibility index (Phi) is 7.57. The van der Waals surface area contributed by atoms with Gasteiger partial charge in [-0.15, -0.1) is 12.4 Å². The van der Waals surface area contributed by atoms with Crippen LogP contribution in [0.15, 0.2) is 18.2 Å². The third kappa shape index (κ3) is 4.76. The van der Waals surface area contributed by atoms with E-state index in [1.165, 1.54) is 55.6 Å². The van der Waals surface area contributed by atoms with E-state index in [-0.39, 0.29) is 12.4 Å². The second-order valence-electron chi connectivity index (χ2n) is 5.97. The normalized spacial score (nSPS) is 16.9. The summed E-state index contributed by atoms with van der Waals surface area (Å²) in [5.74, 6) is 0.933. The number of halogens is 1. The minimum absolute atomic E-state index is 0. The summed E-state index contributed by atoms with van der Waals surface area (Å²) in [4.78, 5) is 2.62. The van der Waals surface area contributed by atoms with Crippen LogP contribution in [0.25, 0.3) is 0 Å². The summed E-state index contributed by atoms with van der Waals surface area (Å²) in [5, 5.41) is 3.27. The summed E-state index contributed by atoms with van der Waals surface area (Å²) in [6, 6.07) is 6.69. The van der Waals surface area contributed by atoms with Crippen LogP contribution in [0.3, 0.4) is 0 Å². The molecule has 1 fully saturated rings. The van der Waals surface area contributed by atoms with Gasteiger partial charge in [-0.25, -0.2) is 0 Å². The number of hydrogen-bond acceptors (Lipinski definition) is 2. The highest BCUT2D eigenvalue weighted by Crippen LogP contribution is 2.22. The monoisotopic (exact) mass is 296 g/mol. The number of nitrogens with zero attached hydrogens (tertiary/aromatic N) is 1. The topological polar surface area (TPSA) is 15.3 Å². The first-order chi connectivity index (χ1) is 9.20. The highest BCUT2D eigenvalue weighted by atomic mass is 35.5. The number of nitrogens with one attached hydrogen (secondary N) is 1. The fourth-order valence-electron chi connectivity index (χ4n) is 3.01. The molecule has 1 aromatic carbocycles. The first-order valence-corrected chi connectivity index (χ1v) is 7.62. The average molecular weight is 297 g/mol. The Labute approximate surface area is 130 Å². The van der Waals surface area contributed by atoms with E-state index in [0.29, 0.717) is 0 Å². The summed E-state index contributed by atoms with van der Waals surface area (Å²) in [7, 11) is 2.05. The van der Waals surface area contributed by atoms with Crippen LogP contribution >= 0.6 is 12.4 Å². The number of rotatable bonds is 5. The molecule has 0 saturated carbocycles. The van der Waals surface area contributed by atoms with Crippen LogP contribution in [0.1, 0.15) is 36.0 Å². The fourth-order valence-corrected chi connectivity index (χ4v) is 3.01. The van der Waals surface area contributed by atoms with Crippen molar-refractivity contribution in [2.45, 2.75) is 39.7 Å². The maximum absolute atomic E-state index is 3.27. The number of hydrogen-bond donors (Lipinski definition) is 1. The lowest BCUT2D eigenvalue weighted by Crippen LogP contribution is -2.34. The smallest absolute Gasteiger partial charge is 0.0236 e. The van der Waals surface area contributed by atoms with Crippen LogP contribution in [0.5, 0.6) is 0 Å². The first-order valence-electron chi connectivity index (χ1n) is 7.62. The van der Waals surface area contributed by atoms with Crippen LogP contribution in [0.2, 0.25) is 0 Å². The molecular weight excluding hydrogens is 268 g/mol. The SMILES string of the molecule is CNCCC1CCN(Cc2cccc(C)c2C)CC1.Cl. The Morgan fingerprint density at radius 3 is 2.55 bits per heavy atom. The zero-order chi connectivity index (χ0) is 13.7. The summed E-state index contributed by atoms with van der Waals surface area (Å²) in [6.07, 6.45) is 4.08. The minimum atomic E-state index is 0. The molecule has 0 aromatic heterocycles. The molecule has 1 N–H and O–H groups in total. The highest BCUT2D eigenvalue weighted by molar-refractivity contribution is 5.85. The molecule has 114 valence electrons. The average Bonchev–Trinajstić information content (AvgIpc) is 2.43. The van der Waals surface area contributed by atoms with Crippen molar-refractivity contribution in [3.8, 4) is 0 Å². The molecule has 0 unspecified atom stereocenters. The van der Waals surface area contributed by atoms with Crippen LogP contribution in [-0.2, 0) is 6.54 Å². The number of piperidine rings is 1. The lowest BCUT2D eigenvalue weighted by Gasteiger charge is -2.32. The van der Waals surface area contributed by atoms with Crippen LogP contribution in [0, 0.1) is 19.8 Å². The number of benzene rings is 1. The summed E-state index contributed by atoms with van der Waals surface area (Å²) >= 11 is 0. The van der Waals surface area contributed by atoms with Gasteiger partial charge in [-0.2, -0.15) is 0 Å². The van der Waals surface area contributed by atoms with E-state index in [2.05, 4.69) is 49.3 Å². The molecule has 3 heteroatoms. The zero-order valence-electron chi connectivity index (χ0n) is 13.1. The van der Waals surface area contributed by atoms with Gasteiger partial charge in [0.15, 0.2) is 0 Å². The van der Waals surface area contributed by atoms with E-state index >= 15 is 0 Å². The molecule has 2 nitrogen and oxygen atoms in total. The summed E-state index contributed by atoms with van der Waals surface area (Å²) < 4.78 is 0. The summed E-state index contributed by atoms with van der Waals surface area (Å²) in [6.45, 7) is 9.30. The molecule has 0 amide bonds. The van der Waals surface area contributed by atoms with Crippen molar-refractivity contribution in [1.82, 2.24) is 10.2 Å². The molecule has 1 aliphatic rings. The molecule has 1 aromatic rings. The lowest BCUT2D eigenvalue weighted by molar-refractivity contribution is 0.172. The molecule has 0 atom stereocenters. The third-order valence-corrected chi connectivity index (χ3v) is 4.62. The van der Waals surface area contributed by atoms with Gasteiger partial charge in [0.2, 0.25) is 0 Å². The molecule has 0 bridgehead atoms. The van der Waals surface area contributed by atoms with Crippen molar-refractivity contribution in [3.05, 3.63) is 34.9 Å². The first kappa shape index (κ1) is 17.5. The van der Waals surface area contributed by atoms with E-state index in [1.54, 1.807) is 0 Å². The van der Waals surface area contributed by atoms with Gasteiger partial charge in [-0.3, -0.25) is 4.90 Å². The molecule has 0 spiro atoms. The van der Waals surface area contributed by atoms with E-state index in [9.17, 15) is 0 Å². The van der Waals surface area contributed by atoms with Gasteiger partial charge < -0.3 is 5.32 Å². The van der Waals surface area contributed by atoms with Gasteiger partial charge in [0, 0.05) is 6.54 Å². The Balaban J connectivity index is 0.00000200. The maximum Gasteiger partial charge on any atom is 0.0236 e. The van der Waals surface area contributed by atoms with Crippen molar-refractivity contribution < 1.29 is 0 Å². The van der Waals surface area contributed by atoms with Gasteiger partial charge in [0.25, 0.3) is 0 Å². The largest absolute Gasteiger partial charge is 0.320 e. The Morgan fingerprint density at radius 1 is 1.20 bits per heavy atom. The predicted molar refractivity (Wildman–Crippen MR) is 89.7 cm³/mol. The number of likely N-dealkylation sites (tertiary alicyclic amines) is 1. The molecule has 1 saturated heterocycles. The maximum atomic E-state index is 3.27. The molecule has 0 radical (unpaired) electrons. The van der Waals surface area contributed by atoms with Crippen LogP contribution < -0.4 is 5.32 Å². The zero-order valence-corrected chi connectivity index (χ0v) is 13.9. The number of aryl methyl sites for hydroxylation is 1. The molecule has 20 heavy (non-hydrogen) atoms. The quantitative estimate of drug-likeness (QED) is 0.894. The van der Waals surface area contributed by atoms with Gasteiger partial charge in [-0.1, -0.05) is 18.2 Å². The predicted octanol–water partition coefficient (Wildman–Crippen LogP) is 3.55. The lowest BCUT2D eigenvalue weighted by atomic mass is 9.93. The van der Waals surface area contributed by atoms with Gasteiger partial charge >= 0.3 is 0 Å². The van der Waals surface area contributed by atoms with Crippen molar-refractivity contribution in [1.29, 1.82) is 0 Å². The fraction of sp³-hybridized carbons (Fsp3) is 0.647. The Hall–Kier alpha value is -0.570. The molecule has 1 heterocycles. The van der Waals surface area contributed by atoms with E-state index in [0.717, 1.165) is 12.5 Å². The van der Waals surface area contributed by atoms with Crippen LogP contribution in [-0.4, -0.2) is 31.6 Å². The Bertz CT molecular complexity index is 398.